The van der Waals surface area contributed by atoms with E-state index in [1.807, 2.05) is 0 Å². The summed E-state index contributed by atoms with van der Waals surface area (Å²) in [5, 5.41) is 15.7. The molecule has 0 heterocycles. The normalized spacial score (nSPS) is 19.0. The number of rotatable bonds is 10. The highest BCUT2D eigenvalue weighted by Gasteiger charge is 2.28. The number of hydrogen-bond donors (Lipinski definition) is 3. The molecule has 0 saturated carbocycles. The van der Waals surface area contributed by atoms with Gasteiger partial charge in [0, 0.05) is 23.2 Å². The van der Waals surface area contributed by atoms with Crippen LogP contribution in [0.3, 0.4) is 0 Å². The fraction of sp³-hybridized carbons (Fsp3) is 0.154. The summed E-state index contributed by atoms with van der Waals surface area (Å²) in [6.45, 7) is 0. The Morgan fingerprint density at radius 1 is 0.691 bits per heavy atom. The molecule has 55 heavy (non-hydrogen) atoms. The van der Waals surface area contributed by atoms with E-state index in [0.29, 0.717) is 5.92 Å². The second-order valence-electron chi connectivity index (χ2n) is 15.0. The Kier molecular flexibility index (Phi) is 9.86. The van der Waals surface area contributed by atoms with Crippen molar-refractivity contribution in [1.82, 2.24) is 10.6 Å². The first-order valence-corrected chi connectivity index (χ1v) is 19.7. The van der Waals surface area contributed by atoms with Crippen LogP contribution in [0.15, 0.2) is 194 Å². The van der Waals surface area contributed by atoms with E-state index in [1.54, 1.807) is 0 Å². The number of nitrogens with one attached hydrogen (secondary N) is 2. The molecular formula is C52H47N3. The van der Waals surface area contributed by atoms with Gasteiger partial charge in [0.2, 0.25) is 0 Å². The maximum atomic E-state index is 6.98. The SMILES string of the molecule is NC(N/C(=C\Cc1ccccc1)c1ccc(-c2ccccc2)cc1)C1C=CC(NC2C=CCCC2c2cc3ccccc3c3ccc4ccccc4c23)=CC1. The van der Waals surface area contributed by atoms with Crippen LogP contribution >= 0.6 is 0 Å². The third-order valence-corrected chi connectivity index (χ3v) is 11.5. The van der Waals surface area contributed by atoms with Crippen molar-refractivity contribution >= 4 is 38.0 Å². The van der Waals surface area contributed by atoms with Crippen LogP contribution in [0.2, 0.25) is 0 Å². The molecule has 2 aliphatic rings. The van der Waals surface area contributed by atoms with Crippen LogP contribution < -0.4 is 16.4 Å². The third-order valence-electron chi connectivity index (χ3n) is 11.5. The molecule has 2 aliphatic carbocycles. The topological polar surface area (TPSA) is 50.1 Å². The van der Waals surface area contributed by atoms with Gasteiger partial charge in [-0.05, 0) is 91.9 Å². The summed E-state index contributed by atoms with van der Waals surface area (Å²) in [5.74, 6) is 0.493. The van der Waals surface area contributed by atoms with Crippen molar-refractivity contribution in [2.45, 2.75) is 43.8 Å². The van der Waals surface area contributed by atoms with Crippen molar-refractivity contribution in [2.75, 3.05) is 0 Å². The molecule has 7 aromatic carbocycles. The Hall–Kier alpha value is -6.16. The lowest BCUT2D eigenvalue weighted by atomic mass is 9.79. The lowest BCUT2D eigenvalue weighted by molar-refractivity contribution is 0.460. The van der Waals surface area contributed by atoms with Crippen molar-refractivity contribution in [3.05, 3.63) is 211 Å². The number of benzene rings is 7. The summed E-state index contributed by atoms with van der Waals surface area (Å²) in [4.78, 5) is 0. The van der Waals surface area contributed by atoms with Gasteiger partial charge in [-0.15, -0.1) is 0 Å². The van der Waals surface area contributed by atoms with Gasteiger partial charge in [-0.2, -0.15) is 0 Å². The summed E-state index contributed by atoms with van der Waals surface area (Å²) in [6.07, 6.45) is 17.5. The predicted molar refractivity (Wildman–Crippen MR) is 233 cm³/mol. The minimum Gasteiger partial charge on any atom is -0.378 e. The van der Waals surface area contributed by atoms with E-state index in [-0.39, 0.29) is 18.1 Å². The Morgan fingerprint density at radius 2 is 1.40 bits per heavy atom. The summed E-state index contributed by atoms with van der Waals surface area (Å²) < 4.78 is 0. The molecule has 4 unspecified atom stereocenters. The molecule has 0 spiro atoms. The predicted octanol–water partition coefficient (Wildman–Crippen LogP) is 11.8. The van der Waals surface area contributed by atoms with Gasteiger partial charge in [0.05, 0.1) is 12.2 Å². The maximum absolute atomic E-state index is 6.98. The van der Waals surface area contributed by atoms with Crippen LogP contribution in [-0.4, -0.2) is 12.2 Å². The van der Waals surface area contributed by atoms with Crippen molar-refractivity contribution < 1.29 is 0 Å². The van der Waals surface area contributed by atoms with E-state index < -0.39 is 0 Å². The fourth-order valence-corrected chi connectivity index (χ4v) is 8.59. The van der Waals surface area contributed by atoms with Crippen LogP contribution in [0, 0.1) is 5.92 Å². The van der Waals surface area contributed by atoms with E-state index >= 15 is 0 Å². The zero-order valence-corrected chi connectivity index (χ0v) is 31.1. The van der Waals surface area contributed by atoms with Gasteiger partial charge in [-0.1, -0.05) is 182 Å². The van der Waals surface area contributed by atoms with Gasteiger partial charge in [0.25, 0.3) is 0 Å². The second kappa shape index (κ2) is 15.7. The second-order valence-corrected chi connectivity index (χ2v) is 15.0. The van der Waals surface area contributed by atoms with Gasteiger partial charge < -0.3 is 16.4 Å². The molecule has 7 aromatic rings. The van der Waals surface area contributed by atoms with E-state index in [4.69, 9.17) is 5.73 Å². The smallest absolute Gasteiger partial charge is 0.0810 e. The Morgan fingerprint density at radius 3 is 2.18 bits per heavy atom. The lowest BCUT2D eigenvalue weighted by Gasteiger charge is -2.33. The minimum absolute atomic E-state index is 0.155. The summed E-state index contributed by atoms with van der Waals surface area (Å²) in [7, 11) is 0. The molecule has 4 atom stereocenters. The van der Waals surface area contributed by atoms with Gasteiger partial charge >= 0.3 is 0 Å². The van der Waals surface area contributed by atoms with Crippen molar-refractivity contribution in [3.63, 3.8) is 0 Å². The number of allylic oxidation sites excluding steroid dienone is 4. The lowest BCUT2D eigenvalue weighted by Crippen LogP contribution is -2.43. The number of nitrogens with two attached hydrogens (primary N) is 1. The van der Waals surface area contributed by atoms with Crippen molar-refractivity contribution in [2.24, 2.45) is 11.7 Å². The van der Waals surface area contributed by atoms with Crippen LogP contribution in [0.5, 0.6) is 0 Å². The molecular weight excluding hydrogens is 667 g/mol. The monoisotopic (exact) mass is 713 g/mol. The van der Waals surface area contributed by atoms with Gasteiger partial charge in [-0.25, -0.2) is 0 Å². The number of fused-ring (bicyclic) bond motifs is 5. The van der Waals surface area contributed by atoms with Gasteiger partial charge in [0.15, 0.2) is 0 Å². The average Bonchev–Trinajstić information content (AvgIpc) is 3.26. The summed E-state index contributed by atoms with van der Waals surface area (Å²) in [6, 6.07) is 54.9. The molecule has 0 saturated heterocycles. The molecule has 0 amide bonds. The molecule has 4 N–H and O–H groups in total. The van der Waals surface area contributed by atoms with E-state index in [0.717, 1.165) is 42.6 Å². The fourth-order valence-electron chi connectivity index (χ4n) is 8.59. The highest BCUT2D eigenvalue weighted by atomic mass is 15.0. The molecule has 3 nitrogen and oxygen atoms in total. The standard InChI is InChI=1S/C52H47N3/c53-52(55-49(34-23-36-13-3-1-4-14-36)40-26-24-38(25-27-40)37-15-5-2-6-16-37)41-28-31-43(32-29-41)54-50-22-12-11-21-46(50)48-35-42-18-8-9-19-44(42)47-33-30-39-17-7-10-20-45(39)51(47)48/h1-10,12-20,22,24-28,30-35,41,46,50,52,54-55H,11,21,23,29,53H2/b49-34-. The molecule has 0 aliphatic heterocycles. The molecule has 0 bridgehead atoms. The van der Waals surface area contributed by atoms with Crippen molar-refractivity contribution in [1.29, 1.82) is 0 Å². The molecule has 0 radical (unpaired) electrons. The van der Waals surface area contributed by atoms with Crippen LogP contribution in [0.1, 0.15) is 41.9 Å². The van der Waals surface area contributed by atoms with Crippen LogP contribution in [-0.2, 0) is 6.42 Å². The third kappa shape index (κ3) is 7.36. The molecule has 0 aromatic heterocycles. The first kappa shape index (κ1) is 34.6. The van der Waals surface area contributed by atoms with Crippen LogP contribution in [0.25, 0.3) is 49.1 Å². The van der Waals surface area contributed by atoms with Gasteiger partial charge in [0.1, 0.15) is 0 Å². The average molecular weight is 714 g/mol. The van der Waals surface area contributed by atoms with Gasteiger partial charge in [-0.3, -0.25) is 0 Å². The Labute approximate surface area is 324 Å². The van der Waals surface area contributed by atoms with E-state index in [9.17, 15) is 0 Å². The Balaban J connectivity index is 0.943. The zero-order chi connectivity index (χ0) is 37.0. The molecule has 3 heteroatoms. The molecule has 270 valence electrons. The highest BCUT2D eigenvalue weighted by Crippen LogP contribution is 2.41. The van der Waals surface area contributed by atoms with E-state index in [2.05, 4.69) is 199 Å². The maximum Gasteiger partial charge on any atom is 0.0810 e. The molecule has 9 rings (SSSR count). The Bertz CT molecular complexity index is 2560. The van der Waals surface area contributed by atoms with E-state index in [1.165, 1.54) is 54.6 Å². The zero-order valence-electron chi connectivity index (χ0n) is 31.1. The largest absolute Gasteiger partial charge is 0.378 e. The highest BCUT2D eigenvalue weighted by molar-refractivity contribution is 6.19. The summed E-state index contributed by atoms with van der Waals surface area (Å²) >= 11 is 0. The van der Waals surface area contributed by atoms with Crippen molar-refractivity contribution in [3.8, 4) is 11.1 Å². The molecule has 0 fully saturated rings. The quantitative estimate of drug-likeness (QED) is 0.0751. The van der Waals surface area contributed by atoms with Crippen LogP contribution in [0.4, 0.5) is 0 Å². The first-order chi connectivity index (χ1) is 27.2. The summed E-state index contributed by atoms with van der Waals surface area (Å²) in [5.41, 5.74) is 15.5. The minimum atomic E-state index is -0.246. The first-order valence-electron chi connectivity index (χ1n) is 19.7. The number of hydrogen-bond acceptors (Lipinski definition) is 3.